The molecule has 0 aliphatic carbocycles. The fourth-order valence-electron chi connectivity index (χ4n) is 1.18. The first-order valence-corrected chi connectivity index (χ1v) is 6.23. The zero-order chi connectivity index (χ0) is 11.3. The summed E-state index contributed by atoms with van der Waals surface area (Å²) in [7, 11) is 1.66. The Labute approximate surface area is 99.7 Å². The van der Waals surface area contributed by atoms with E-state index in [9.17, 15) is 0 Å². The average molecular weight is 273 g/mol. The van der Waals surface area contributed by atoms with Crippen LogP contribution in [-0.4, -0.2) is 13.2 Å². The normalized spacial score (nSPS) is 12.3. The van der Waals surface area contributed by atoms with E-state index in [1.165, 1.54) is 0 Å². The lowest BCUT2D eigenvalue weighted by Crippen LogP contribution is -2.10. The van der Waals surface area contributed by atoms with E-state index in [1.54, 1.807) is 7.11 Å². The van der Waals surface area contributed by atoms with Gasteiger partial charge in [0.15, 0.2) is 0 Å². The van der Waals surface area contributed by atoms with Crippen molar-refractivity contribution in [1.29, 1.82) is 0 Å². The number of hydrogen-bond acceptors (Lipinski definition) is 2. The summed E-state index contributed by atoms with van der Waals surface area (Å²) in [5.74, 6) is 1.73. The quantitative estimate of drug-likeness (QED) is 0.760. The molecule has 0 amide bonds. The second kappa shape index (κ2) is 6.01. The van der Waals surface area contributed by atoms with Gasteiger partial charge in [-0.1, -0.05) is 28.9 Å². The van der Waals surface area contributed by atoms with Gasteiger partial charge in [0.25, 0.3) is 0 Å². The lowest BCUT2D eigenvalue weighted by molar-refractivity contribution is 0.215. The van der Waals surface area contributed by atoms with Crippen molar-refractivity contribution in [3.63, 3.8) is 0 Å². The van der Waals surface area contributed by atoms with E-state index in [-0.39, 0.29) is 6.10 Å². The Balaban J connectivity index is 2.90. The van der Waals surface area contributed by atoms with Crippen LogP contribution in [0.4, 0.5) is 0 Å². The van der Waals surface area contributed by atoms with Gasteiger partial charge in [0.1, 0.15) is 11.5 Å². The molecule has 0 bridgehead atoms. The zero-order valence-electron chi connectivity index (χ0n) is 9.42. The lowest BCUT2D eigenvalue weighted by Gasteiger charge is -2.16. The van der Waals surface area contributed by atoms with Crippen LogP contribution in [0, 0.1) is 0 Å². The summed E-state index contributed by atoms with van der Waals surface area (Å²) >= 11 is 3.45. The molecule has 1 atom stereocenters. The van der Waals surface area contributed by atoms with E-state index >= 15 is 0 Å². The molecule has 1 aromatic carbocycles. The third-order valence-electron chi connectivity index (χ3n) is 2.32. The van der Waals surface area contributed by atoms with Crippen LogP contribution in [0.2, 0.25) is 0 Å². The summed E-state index contributed by atoms with van der Waals surface area (Å²) in [6.45, 7) is 4.18. The van der Waals surface area contributed by atoms with Gasteiger partial charge in [-0.25, -0.2) is 0 Å². The number of hydrogen-bond donors (Lipinski definition) is 0. The largest absolute Gasteiger partial charge is 0.497 e. The number of benzene rings is 1. The predicted octanol–water partition coefficient (Wildman–Crippen LogP) is 3.77. The highest BCUT2D eigenvalue weighted by atomic mass is 79.9. The van der Waals surface area contributed by atoms with Gasteiger partial charge in [-0.2, -0.15) is 0 Å². The van der Waals surface area contributed by atoms with Crippen molar-refractivity contribution in [3.8, 4) is 11.5 Å². The van der Waals surface area contributed by atoms with Gasteiger partial charge in [-0.3, -0.25) is 0 Å². The van der Waals surface area contributed by atoms with Crippen LogP contribution in [0.3, 0.4) is 0 Å². The van der Waals surface area contributed by atoms with Crippen LogP contribution < -0.4 is 9.47 Å². The van der Waals surface area contributed by atoms with Crippen LogP contribution >= 0.6 is 15.9 Å². The summed E-state index contributed by atoms with van der Waals surface area (Å²) in [6, 6.07) is 5.90. The minimum absolute atomic E-state index is 0.231. The maximum Gasteiger partial charge on any atom is 0.127 e. The molecule has 0 saturated carbocycles. The van der Waals surface area contributed by atoms with Gasteiger partial charge >= 0.3 is 0 Å². The molecular formula is C12H17BrO2. The van der Waals surface area contributed by atoms with E-state index in [1.807, 2.05) is 18.2 Å². The molecule has 0 fully saturated rings. The highest BCUT2D eigenvalue weighted by molar-refractivity contribution is 9.08. The predicted molar refractivity (Wildman–Crippen MR) is 66.0 cm³/mol. The molecule has 15 heavy (non-hydrogen) atoms. The van der Waals surface area contributed by atoms with Crippen molar-refractivity contribution < 1.29 is 9.47 Å². The van der Waals surface area contributed by atoms with Gasteiger partial charge < -0.3 is 9.47 Å². The Morgan fingerprint density at radius 1 is 1.40 bits per heavy atom. The molecule has 0 saturated heterocycles. The molecule has 1 unspecified atom stereocenters. The van der Waals surface area contributed by atoms with Gasteiger partial charge in [-0.05, 0) is 19.4 Å². The topological polar surface area (TPSA) is 18.5 Å². The second-order valence-electron chi connectivity index (χ2n) is 3.44. The first-order chi connectivity index (χ1) is 7.21. The molecule has 0 heterocycles. The van der Waals surface area contributed by atoms with Crippen LogP contribution in [0.15, 0.2) is 18.2 Å². The average Bonchev–Trinajstić information content (AvgIpc) is 2.28. The molecule has 0 aliphatic rings. The van der Waals surface area contributed by atoms with Crippen molar-refractivity contribution >= 4 is 15.9 Å². The number of halogens is 1. The summed E-state index contributed by atoms with van der Waals surface area (Å²) in [5.41, 5.74) is 1.15. The molecule has 0 aliphatic heterocycles. The van der Waals surface area contributed by atoms with Gasteiger partial charge in [-0.15, -0.1) is 0 Å². The SMILES string of the molecule is CCC(C)Oc1cc(OC)ccc1CBr. The minimum atomic E-state index is 0.231. The van der Waals surface area contributed by atoms with Crippen molar-refractivity contribution in [2.45, 2.75) is 31.7 Å². The minimum Gasteiger partial charge on any atom is -0.497 e. The molecule has 0 N–H and O–H groups in total. The smallest absolute Gasteiger partial charge is 0.127 e. The molecule has 0 aromatic heterocycles. The highest BCUT2D eigenvalue weighted by Crippen LogP contribution is 2.27. The van der Waals surface area contributed by atoms with E-state index in [2.05, 4.69) is 29.8 Å². The molecule has 1 rings (SSSR count). The van der Waals surface area contributed by atoms with E-state index in [0.29, 0.717) is 0 Å². The van der Waals surface area contributed by atoms with Crippen molar-refractivity contribution in [2.75, 3.05) is 7.11 Å². The Hall–Kier alpha value is -0.700. The van der Waals surface area contributed by atoms with Crippen molar-refractivity contribution in [1.82, 2.24) is 0 Å². The van der Waals surface area contributed by atoms with Crippen molar-refractivity contribution in [2.24, 2.45) is 0 Å². The second-order valence-corrected chi connectivity index (χ2v) is 4.00. The fraction of sp³-hybridized carbons (Fsp3) is 0.500. The van der Waals surface area contributed by atoms with Gasteiger partial charge in [0, 0.05) is 17.0 Å². The lowest BCUT2D eigenvalue weighted by atomic mass is 10.2. The fourth-order valence-corrected chi connectivity index (χ4v) is 1.65. The van der Waals surface area contributed by atoms with Gasteiger partial charge in [0.05, 0.1) is 13.2 Å². The molecule has 0 spiro atoms. The van der Waals surface area contributed by atoms with Crippen LogP contribution in [0.25, 0.3) is 0 Å². The number of methoxy groups -OCH3 is 1. The Morgan fingerprint density at radius 2 is 2.13 bits per heavy atom. The van der Waals surface area contributed by atoms with Crippen LogP contribution in [0.1, 0.15) is 25.8 Å². The molecule has 0 radical (unpaired) electrons. The summed E-state index contributed by atoms with van der Waals surface area (Å²) in [5, 5.41) is 0.794. The van der Waals surface area contributed by atoms with Gasteiger partial charge in [0.2, 0.25) is 0 Å². The summed E-state index contributed by atoms with van der Waals surface area (Å²) in [6.07, 6.45) is 1.23. The molecule has 3 heteroatoms. The number of alkyl halides is 1. The van der Waals surface area contributed by atoms with Crippen LogP contribution in [-0.2, 0) is 5.33 Å². The van der Waals surface area contributed by atoms with E-state index in [0.717, 1.165) is 28.8 Å². The summed E-state index contributed by atoms with van der Waals surface area (Å²) < 4.78 is 11.0. The molecular weight excluding hydrogens is 256 g/mol. The number of ether oxygens (including phenoxy) is 2. The van der Waals surface area contributed by atoms with E-state index in [4.69, 9.17) is 9.47 Å². The number of rotatable bonds is 5. The summed E-state index contributed by atoms with van der Waals surface area (Å²) in [4.78, 5) is 0. The molecule has 1 aromatic rings. The standard InChI is InChI=1S/C12H17BrO2/c1-4-9(2)15-12-7-11(14-3)6-5-10(12)8-13/h5-7,9H,4,8H2,1-3H3. The monoisotopic (exact) mass is 272 g/mol. The maximum atomic E-state index is 5.82. The Morgan fingerprint density at radius 3 is 2.67 bits per heavy atom. The highest BCUT2D eigenvalue weighted by Gasteiger charge is 2.07. The molecule has 2 nitrogen and oxygen atoms in total. The van der Waals surface area contributed by atoms with E-state index < -0.39 is 0 Å². The molecule has 84 valence electrons. The first kappa shape index (κ1) is 12.4. The third kappa shape index (κ3) is 3.42. The first-order valence-electron chi connectivity index (χ1n) is 5.10. The Kier molecular flexibility index (Phi) is 4.95. The maximum absolute atomic E-state index is 5.82. The zero-order valence-corrected chi connectivity index (χ0v) is 11.0. The van der Waals surface area contributed by atoms with Crippen molar-refractivity contribution in [3.05, 3.63) is 23.8 Å². The van der Waals surface area contributed by atoms with Crippen LogP contribution in [0.5, 0.6) is 11.5 Å². The Bertz CT molecular complexity index is 312. The third-order valence-corrected chi connectivity index (χ3v) is 2.93.